The molecule has 0 aromatic heterocycles. The second-order valence-electron chi connectivity index (χ2n) is 9.02. The molecule has 0 saturated carbocycles. The number of benzene rings is 4. The molecule has 0 aliphatic heterocycles. The standard InChI is InChI=1S/C31H26ClF3N2O6/c1-40-26-14-12-23(17-27(26)41-2)37-30(39)36-22-11-13-25(24(16-22)29(38)42-3)43-28(19-5-4-6-21(32)15-19)18-7-9-20(10-8-18)31(33,34)35/h4-17,28H,1-3H3,(H2,36,37,39). The molecule has 0 aliphatic carbocycles. The molecular weight excluding hydrogens is 589 g/mol. The van der Waals surface area contributed by atoms with Crippen molar-refractivity contribution in [1.29, 1.82) is 0 Å². The van der Waals surface area contributed by atoms with Crippen molar-refractivity contribution in [3.63, 3.8) is 0 Å². The Morgan fingerprint density at radius 3 is 1.95 bits per heavy atom. The van der Waals surface area contributed by atoms with Crippen molar-refractivity contribution in [2.75, 3.05) is 32.0 Å². The minimum atomic E-state index is -4.52. The molecule has 224 valence electrons. The number of hydrogen-bond donors (Lipinski definition) is 2. The average molecular weight is 615 g/mol. The van der Waals surface area contributed by atoms with Gasteiger partial charge in [0.05, 0.1) is 26.9 Å². The van der Waals surface area contributed by atoms with E-state index in [0.717, 1.165) is 12.1 Å². The van der Waals surface area contributed by atoms with E-state index < -0.39 is 29.8 Å². The van der Waals surface area contributed by atoms with Crippen LogP contribution in [0.2, 0.25) is 5.02 Å². The highest BCUT2D eigenvalue weighted by Crippen LogP contribution is 2.36. The minimum Gasteiger partial charge on any atom is -0.493 e. The number of esters is 1. The van der Waals surface area contributed by atoms with Crippen molar-refractivity contribution >= 4 is 35.0 Å². The van der Waals surface area contributed by atoms with Gasteiger partial charge in [0.2, 0.25) is 0 Å². The van der Waals surface area contributed by atoms with Gasteiger partial charge in [0.15, 0.2) is 11.5 Å². The summed E-state index contributed by atoms with van der Waals surface area (Å²) < 4.78 is 61.2. The monoisotopic (exact) mass is 614 g/mol. The van der Waals surface area contributed by atoms with Gasteiger partial charge >= 0.3 is 18.2 Å². The summed E-state index contributed by atoms with van der Waals surface area (Å²) in [5.74, 6) is 0.190. The van der Waals surface area contributed by atoms with Crippen LogP contribution < -0.4 is 24.8 Å². The van der Waals surface area contributed by atoms with Gasteiger partial charge in [0, 0.05) is 22.5 Å². The van der Waals surface area contributed by atoms with Crippen LogP contribution in [0.15, 0.2) is 84.9 Å². The quantitative estimate of drug-likeness (QED) is 0.186. The fourth-order valence-electron chi connectivity index (χ4n) is 4.16. The number of carbonyl (C=O) groups excluding carboxylic acids is 2. The number of urea groups is 1. The number of anilines is 2. The molecular formula is C31H26ClF3N2O6. The van der Waals surface area contributed by atoms with Crippen molar-refractivity contribution in [3.8, 4) is 17.2 Å². The molecule has 1 unspecified atom stereocenters. The lowest BCUT2D eigenvalue weighted by Gasteiger charge is -2.22. The van der Waals surface area contributed by atoms with Crippen molar-refractivity contribution in [2.45, 2.75) is 12.3 Å². The lowest BCUT2D eigenvalue weighted by molar-refractivity contribution is -0.137. The SMILES string of the molecule is COC(=O)c1cc(NC(=O)Nc2ccc(OC)c(OC)c2)ccc1OC(c1ccc(C(F)(F)F)cc1)c1cccc(Cl)c1. The number of methoxy groups -OCH3 is 3. The third-order valence-electron chi connectivity index (χ3n) is 6.22. The Morgan fingerprint density at radius 2 is 1.37 bits per heavy atom. The molecule has 0 bridgehead atoms. The normalized spacial score (nSPS) is 11.7. The molecule has 12 heteroatoms. The van der Waals surface area contributed by atoms with E-state index in [1.165, 1.54) is 51.7 Å². The van der Waals surface area contributed by atoms with Crippen LogP contribution in [0, 0.1) is 0 Å². The zero-order valence-electron chi connectivity index (χ0n) is 23.1. The summed E-state index contributed by atoms with van der Waals surface area (Å²) in [6, 6.07) is 19.6. The number of hydrogen-bond acceptors (Lipinski definition) is 6. The molecule has 4 aromatic rings. The molecule has 0 fully saturated rings. The zero-order chi connectivity index (χ0) is 31.1. The summed E-state index contributed by atoms with van der Waals surface area (Å²) in [4.78, 5) is 25.5. The summed E-state index contributed by atoms with van der Waals surface area (Å²) >= 11 is 6.19. The number of nitrogens with one attached hydrogen (secondary N) is 2. The first-order chi connectivity index (χ1) is 20.5. The fourth-order valence-corrected chi connectivity index (χ4v) is 4.36. The van der Waals surface area contributed by atoms with Crippen molar-refractivity contribution in [3.05, 3.63) is 112 Å². The summed E-state index contributed by atoms with van der Waals surface area (Å²) in [6.45, 7) is 0. The first kappa shape index (κ1) is 31.0. The van der Waals surface area contributed by atoms with Crippen LogP contribution in [0.3, 0.4) is 0 Å². The van der Waals surface area contributed by atoms with Crippen LogP contribution in [0.4, 0.5) is 29.3 Å². The molecule has 8 nitrogen and oxygen atoms in total. The van der Waals surface area contributed by atoms with E-state index in [1.54, 1.807) is 42.5 Å². The molecule has 4 rings (SSSR count). The molecule has 2 amide bonds. The van der Waals surface area contributed by atoms with Gasteiger partial charge in [-0.1, -0.05) is 35.9 Å². The maximum Gasteiger partial charge on any atom is 0.416 e. The Hall–Kier alpha value is -4.90. The van der Waals surface area contributed by atoms with Crippen molar-refractivity contribution < 1.29 is 41.7 Å². The van der Waals surface area contributed by atoms with Crippen LogP contribution >= 0.6 is 11.6 Å². The average Bonchev–Trinajstić information content (AvgIpc) is 2.99. The highest BCUT2D eigenvalue weighted by molar-refractivity contribution is 6.30. The maximum absolute atomic E-state index is 13.2. The first-order valence-corrected chi connectivity index (χ1v) is 13.0. The van der Waals surface area contributed by atoms with E-state index in [0.29, 0.717) is 33.3 Å². The molecule has 1 atom stereocenters. The van der Waals surface area contributed by atoms with Crippen molar-refractivity contribution in [1.82, 2.24) is 0 Å². The van der Waals surface area contributed by atoms with Gasteiger partial charge in [0.1, 0.15) is 17.4 Å². The van der Waals surface area contributed by atoms with Gasteiger partial charge in [0.25, 0.3) is 0 Å². The number of amides is 2. The van der Waals surface area contributed by atoms with Crippen LogP contribution in [0.25, 0.3) is 0 Å². The molecule has 0 radical (unpaired) electrons. The predicted octanol–water partition coefficient (Wildman–Crippen LogP) is 7.98. The molecule has 0 aliphatic rings. The Kier molecular flexibility index (Phi) is 9.66. The smallest absolute Gasteiger partial charge is 0.416 e. The number of halogens is 4. The Bertz CT molecular complexity index is 1610. The summed E-state index contributed by atoms with van der Waals surface area (Å²) in [5.41, 5.74) is 0.703. The topological polar surface area (TPSA) is 95.1 Å². The Balaban J connectivity index is 1.63. The lowest BCUT2D eigenvalue weighted by Crippen LogP contribution is -2.20. The molecule has 4 aromatic carbocycles. The lowest BCUT2D eigenvalue weighted by atomic mass is 9.99. The zero-order valence-corrected chi connectivity index (χ0v) is 23.9. The first-order valence-electron chi connectivity index (χ1n) is 12.6. The van der Waals surface area contributed by atoms with Gasteiger partial charge in [-0.15, -0.1) is 0 Å². The molecule has 2 N–H and O–H groups in total. The third-order valence-corrected chi connectivity index (χ3v) is 6.46. The minimum absolute atomic E-state index is 0.0367. The van der Waals surface area contributed by atoms with Crippen LogP contribution in [-0.2, 0) is 10.9 Å². The van der Waals surface area contributed by atoms with Gasteiger partial charge in [-0.05, 0) is 65.7 Å². The fraction of sp³-hybridized carbons (Fsp3) is 0.161. The molecule has 0 spiro atoms. The highest BCUT2D eigenvalue weighted by Gasteiger charge is 2.31. The highest BCUT2D eigenvalue weighted by atomic mass is 35.5. The predicted molar refractivity (Wildman–Crippen MR) is 155 cm³/mol. The largest absolute Gasteiger partial charge is 0.493 e. The van der Waals surface area contributed by atoms with Crippen LogP contribution in [-0.4, -0.2) is 33.3 Å². The molecule has 0 saturated heterocycles. The number of ether oxygens (including phenoxy) is 4. The van der Waals surface area contributed by atoms with Gasteiger partial charge in [-0.2, -0.15) is 13.2 Å². The van der Waals surface area contributed by atoms with E-state index in [2.05, 4.69) is 10.6 Å². The Labute approximate surface area is 250 Å². The third kappa shape index (κ3) is 7.69. The summed E-state index contributed by atoms with van der Waals surface area (Å²) in [6.07, 6.45) is -5.46. The van der Waals surface area contributed by atoms with Gasteiger partial charge < -0.3 is 29.6 Å². The van der Waals surface area contributed by atoms with Gasteiger partial charge in [-0.25, -0.2) is 9.59 Å². The van der Waals surface area contributed by atoms with E-state index in [-0.39, 0.29) is 17.0 Å². The second kappa shape index (κ2) is 13.4. The summed E-state index contributed by atoms with van der Waals surface area (Å²) in [5, 5.41) is 5.68. The van der Waals surface area contributed by atoms with E-state index in [9.17, 15) is 22.8 Å². The van der Waals surface area contributed by atoms with E-state index >= 15 is 0 Å². The molecule has 43 heavy (non-hydrogen) atoms. The molecule has 0 heterocycles. The number of alkyl halides is 3. The van der Waals surface area contributed by atoms with Crippen LogP contribution in [0.5, 0.6) is 17.2 Å². The van der Waals surface area contributed by atoms with E-state index in [1.807, 2.05) is 0 Å². The Morgan fingerprint density at radius 1 is 0.744 bits per heavy atom. The van der Waals surface area contributed by atoms with Crippen LogP contribution in [0.1, 0.15) is 33.2 Å². The summed E-state index contributed by atoms with van der Waals surface area (Å²) in [7, 11) is 4.14. The number of carbonyl (C=O) groups is 2. The second-order valence-corrected chi connectivity index (χ2v) is 9.46. The maximum atomic E-state index is 13.2. The van der Waals surface area contributed by atoms with E-state index in [4.69, 9.17) is 30.5 Å². The number of rotatable bonds is 9. The van der Waals surface area contributed by atoms with Gasteiger partial charge in [-0.3, -0.25) is 0 Å². The van der Waals surface area contributed by atoms with Crippen molar-refractivity contribution in [2.24, 2.45) is 0 Å².